The van der Waals surface area contributed by atoms with Gasteiger partial charge in [0, 0.05) is 23.7 Å². The molecule has 1 aliphatic heterocycles. The summed E-state index contributed by atoms with van der Waals surface area (Å²) in [6, 6.07) is 7.47. The van der Waals surface area contributed by atoms with Crippen LogP contribution in [0.15, 0.2) is 30.5 Å². The Morgan fingerprint density at radius 2 is 2.13 bits per heavy atom. The first kappa shape index (κ1) is 19.6. The van der Waals surface area contributed by atoms with Crippen LogP contribution in [0, 0.1) is 5.92 Å². The molecule has 1 fully saturated rings. The van der Waals surface area contributed by atoms with Crippen LogP contribution in [0.1, 0.15) is 6.92 Å². The highest BCUT2D eigenvalue weighted by molar-refractivity contribution is 5.89. The molecule has 0 spiro atoms. The first-order chi connectivity index (χ1) is 15.0. The summed E-state index contributed by atoms with van der Waals surface area (Å²) < 4.78 is 39.5. The van der Waals surface area contributed by atoms with Gasteiger partial charge in [-0.2, -0.15) is 4.98 Å². The predicted octanol–water partition coefficient (Wildman–Crippen LogP) is 2.86. The first-order valence-electron chi connectivity index (χ1n) is 9.93. The van der Waals surface area contributed by atoms with Crippen molar-refractivity contribution in [2.24, 2.45) is 5.92 Å². The first-order valence-corrected chi connectivity index (χ1v) is 9.93. The lowest BCUT2D eigenvalue weighted by Gasteiger charge is -2.31. The highest BCUT2D eigenvalue weighted by Gasteiger charge is 2.26. The maximum atomic E-state index is 12.9. The maximum absolute atomic E-state index is 12.9. The summed E-state index contributed by atoms with van der Waals surface area (Å²) in [5, 5.41) is 15.7. The van der Waals surface area contributed by atoms with Crippen LogP contribution in [0.25, 0.3) is 27.7 Å². The molecule has 0 radical (unpaired) electrons. The molecule has 31 heavy (non-hydrogen) atoms. The topological polar surface area (TPSA) is 91.4 Å². The van der Waals surface area contributed by atoms with E-state index >= 15 is 0 Å². The third-order valence-electron chi connectivity index (χ3n) is 5.54. The number of fused-ring (bicyclic) bond motifs is 2. The molecule has 5 rings (SSSR count). The molecule has 4 heterocycles. The van der Waals surface area contributed by atoms with Gasteiger partial charge < -0.3 is 14.8 Å². The summed E-state index contributed by atoms with van der Waals surface area (Å²) in [6.45, 7) is 3.00. The molecule has 1 aliphatic rings. The van der Waals surface area contributed by atoms with Gasteiger partial charge in [0.1, 0.15) is 17.6 Å². The van der Waals surface area contributed by atoms with Gasteiger partial charge in [0.05, 0.1) is 25.8 Å². The number of halogens is 2. The van der Waals surface area contributed by atoms with Crippen molar-refractivity contribution in [2.75, 3.05) is 25.6 Å². The summed E-state index contributed by atoms with van der Waals surface area (Å²) >= 11 is 0. The smallest absolute Gasteiger partial charge is 0.258 e. The Morgan fingerprint density at radius 3 is 2.84 bits per heavy atom. The summed E-state index contributed by atoms with van der Waals surface area (Å²) in [6.07, 6.45) is -0.701. The molecule has 162 valence electrons. The molecule has 9 nitrogen and oxygen atoms in total. The molecular formula is C20H21F2N7O2. The van der Waals surface area contributed by atoms with Crippen molar-refractivity contribution in [2.45, 2.75) is 25.9 Å². The Balaban J connectivity index is 1.54. The molecule has 1 N–H and O–H groups in total. The van der Waals surface area contributed by atoms with E-state index in [2.05, 4.69) is 32.6 Å². The molecule has 1 aromatic carbocycles. The van der Waals surface area contributed by atoms with Crippen molar-refractivity contribution in [1.82, 2.24) is 29.6 Å². The van der Waals surface area contributed by atoms with E-state index < -0.39 is 13.0 Å². The van der Waals surface area contributed by atoms with Crippen LogP contribution in [-0.4, -0.2) is 62.4 Å². The van der Waals surface area contributed by atoms with Gasteiger partial charge in [-0.15, -0.1) is 10.2 Å². The number of alkyl halides is 2. The van der Waals surface area contributed by atoms with Crippen LogP contribution in [0.5, 0.6) is 5.88 Å². The van der Waals surface area contributed by atoms with Crippen LogP contribution in [0.2, 0.25) is 0 Å². The van der Waals surface area contributed by atoms with Gasteiger partial charge in [0.2, 0.25) is 11.8 Å². The van der Waals surface area contributed by atoms with E-state index in [1.54, 1.807) is 23.8 Å². The number of anilines is 1. The highest BCUT2D eigenvalue weighted by atomic mass is 19.3. The largest absolute Gasteiger partial charge is 0.479 e. The van der Waals surface area contributed by atoms with E-state index in [-0.39, 0.29) is 6.04 Å². The van der Waals surface area contributed by atoms with E-state index in [1.165, 1.54) is 4.68 Å². The quantitative estimate of drug-likeness (QED) is 0.483. The predicted molar refractivity (Wildman–Crippen MR) is 109 cm³/mol. The Bertz CT molecular complexity index is 1240. The molecule has 1 saturated heterocycles. The Labute approximate surface area is 176 Å². The molecule has 0 aliphatic carbocycles. The third kappa shape index (κ3) is 3.54. The molecule has 0 amide bonds. The van der Waals surface area contributed by atoms with E-state index in [1.807, 2.05) is 18.3 Å². The highest BCUT2D eigenvalue weighted by Crippen LogP contribution is 2.33. The zero-order valence-electron chi connectivity index (χ0n) is 17.0. The average Bonchev–Trinajstić information content (AvgIpc) is 3.29. The van der Waals surface area contributed by atoms with E-state index in [0.717, 1.165) is 24.3 Å². The van der Waals surface area contributed by atoms with Crippen LogP contribution >= 0.6 is 0 Å². The number of aromatic nitrogens is 6. The Kier molecular flexibility index (Phi) is 4.89. The minimum atomic E-state index is -2.52. The number of nitrogens with zero attached hydrogens (tertiary/aromatic N) is 6. The fourth-order valence-electron chi connectivity index (χ4n) is 3.69. The standard InChI is InChI=1S/C20H21F2N7O2/c1-11(13-9-31-10-13)23-20-24-19(30-2)18-14(5-6-28(18)26-20)12-3-4-15-16(7-12)29(27-25-15)8-17(21)22/h3-7,11,13,17H,8-10H2,1-2H3,(H,23,26)/t11-/m0/s1. The van der Waals surface area contributed by atoms with Crippen molar-refractivity contribution in [3.63, 3.8) is 0 Å². The normalized spacial score (nSPS) is 15.5. The Morgan fingerprint density at radius 1 is 1.29 bits per heavy atom. The Hall–Kier alpha value is -3.34. The fourth-order valence-corrected chi connectivity index (χ4v) is 3.69. The average molecular weight is 429 g/mol. The van der Waals surface area contributed by atoms with E-state index in [4.69, 9.17) is 9.47 Å². The van der Waals surface area contributed by atoms with Gasteiger partial charge in [-0.05, 0) is 30.7 Å². The third-order valence-corrected chi connectivity index (χ3v) is 5.54. The van der Waals surface area contributed by atoms with Gasteiger partial charge >= 0.3 is 0 Å². The SMILES string of the molecule is COc1nc(N[C@@H](C)C2COC2)nn2ccc(-c3ccc4nnn(CC(F)F)c4c3)c12. The lowest BCUT2D eigenvalue weighted by Crippen LogP contribution is -2.40. The number of hydrogen-bond acceptors (Lipinski definition) is 7. The van der Waals surface area contributed by atoms with Gasteiger partial charge in [0.15, 0.2) is 0 Å². The number of methoxy groups -OCH3 is 1. The van der Waals surface area contributed by atoms with Crippen molar-refractivity contribution < 1.29 is 18.3 Å². The molecular weight excluding hydrogens is 408 g/mol. The zero-order valence-corrected chi connectivity index (χ0v) is 17.0. The molecule has 4 aromatic rings. The van der Waals surface area contributed by atoms with Crippen LogP contribution < -0.4 is 10.1 Å². The van der Waals surface area contributed by atoms with Crippen LogP contribution in [0.4, 0.5) is 14.7 Å². The monoisotopic (exact) mass is 429 g/mol. The molecule has 0 bridgehead atoms. The number of ether oxygens (including phenoxy) is 2. The lowest BCUT2D eigenvalue weighted by molar-refractivity contribution is -0.0380. The fraction of sp³-hybridized carbons (Fsp3) is 0.400. The molecule has 0 unspecified atom stereocenters. The number of benzene rings is 1. The molecule has 1 atom stereocenters. The number of hydrogen-bond donors (Lipinski definition) is 1. The molecule has 0 saturated carbocycles. The van der Waals surface area contributed by atoms with Crippen molar-refractivity contribution in [3.05, 3.63) is 30.5 Å². The van der Waals surface area contributed by atoms with Crippen molar-refractivity contribution in [1.29, 1.82) is 0 Å². The summed E-state index contributed by atoms with van der Waals surface area (Å²) in [7, 11) is 1.55. The summed E-state index contributed by atoms with van der Waals surface area (Å²) in [5.41, 5.74) is 3.38. The number of nitrogens with one attached hydrogen (secondary N) is 1. The molecule has 11 heteroatoms. The van der Waals surface area contributed by atoms with Gasteiger partial charge in [-0.1, -0.05) is 11.3 Å². The second-order valence-corrected chi connectivity index (χ2v) is 7.56. The lowest BCUT2D eigenvalue weighted by atomic mass is 10.0. The minimum Gasteiger partial charge on any atom is -0.479 e. The van der Waals surface area contributed by atoms with E-state index in [0.29, 0.717) is 34.3 Å². The second-order valence-electron chi connectivity index (χ2n) is 7.56. The van der Waals surface area contributed by atoms with Crippen molar-refractivity contribution in [3.8, 4) is 17.0 Å². The summed E-state index contributed by atoms with van der Waals surface area (Å²) in [5.74, 6) is 1.29. The van der Waals surface area contributed by atoms with E-state index in [9.17, 15) is 8.78 Å². The van der Waals surface area contributed by atoms with Crippen LogP contribution in [-0.2, 0) is 11.3 Å². The minimum absolute atomic E-state index is 0.163. The molecule has 3 aromatic heterocycles. The van der Waals surface area contributed by atoms with Gasteiger partial charge in [-0.25, -0.2) is 18.0 Å². The zero-order chi connectivity index (χ0) is 21.5. The number of rotatable bonds is 7. The second kappa shape index (κ2) is 7.73. The maximum Gasteiger partial charge on any atom is 0.258 e. The van der Waals surface area contributed by atoms with Gasteiger partial charge in [0.25, 0.3) is 6.43 Å². The van der Waals surface area contributed by atoms with Crippen molar-refractivity contribution >= 4 is 22.5 Å². The van der Waals surface area contributed by atoms with Crippen LogP contribution in [0.3, 0.4) is 0 Å². The summed E-state index contributed by atoms with van der Waals surface area (Å²) in [4.78, 5) is 4.53. The van der Waals surface area contributed by atoms with Gasteiger partial charge in [-0.3, -0.25) is 0 Å².